The number of aromatic nitrogens is 2. The Labute approximate surface area is 105 Å². The molecule has 1 aliphatic carbocycles. The molecule has 2 fully saturated rings. The molecule has 98 valence electrons. The van der Waals surface area contributed by atoms with Crippen molar-refractivity contribution in [3.05, 3.63) is 11.7 Å². The summed E-state index contributed by atoms with van der Waals surface area (Å²) in [6, 6.07) is 0.471. The van der Waals surface area contributed by atoms with Gasteiger partial charge in [-0.15, -0.1) is 0 Å². The first kappa shape index (κ1) is 11.6. The molecule has 0 bridgehead atoms. The highest BCUT2D eigenvalue weighted by atomic mass is 16.5. The Balaban J connectivity index is 1.64. The molecule has 1 saturated carbocycles. The van der Waals surface area contributed by atoms with Crippen molar-refractivity contribution in [2.45, 2.75) is 37.6 Å². The molecule has 1 saturated heterocycles. The fourth-order valence-electron chi connectivity index (χ4n) is 2.36. The lowest BCUT2D eigenvalue weighted by atomic mass is 10.1. The van der Waals surface area contributed by atoms with Crippen LogP contribution in [0.15, 0.2) is 4.52 Å². The summed E-state index contributed by atoms with van der Waals surface area (Å²) in [6.45, 7) is 1.31. The summed E-state index contributed by atoms with van der Waals surface area (Å²) in [5.41, 5.74) is 0. The maximum atomic E-state index is 11.8. The summed E-state index contributed by atoms with van der Waals surface area (Å²) in [5.74, 6) is 1.54. The summed E-state index contributed by atoms with van der Waals surface area (Å²) in [6.07, 6.45) is 3.43. The smallest absolute Gasteiger partial charge is 0.232 e. The van der Waals surface area contributed by atoms with Crippen molar-refractivity contribution in [1.82, 2.24) is 15.0 Å². The largest absolute Gasteiger partial charge is 0.384 e. The Hall–Kier alpha value is -1.43. The summed E-state index contributed by atoms with van der Waals surface area (Å²) in [4.78, 5) is 18.1. The molecule has 1 aromatic rings. The fraction of sp³-hybridized carbons (Fsp3) is 0.750. The van der Waals surface area contributed by atoms with Gasteiger partial charge in [-0.2, -0.15) is 4.98 Å². The van der Waals surface area contributed by atoms with Crippen LogP contribution >= 0.6 is 0 Å². The topological polar surface area (TPSA) is 68.5 Å². The molecular weight excluding hydrogens is 234 g/mol. The van der Waals surface area contributed by atoms with Crippen LogP contribution in [0, 0.1) is 0 Å². The SMILES string of the molecule is COCCc1noc(C2CC(=O)N(C3CC3)C2)n1. The van der Waals surface area contributed by atoms with Crippen molar-refractivity contribution in [2.75, 3.05) is 20.3 Å². The third kappa shape index (κ3) is 2.25. The van der Waals surface area contributed by atoms with Crippen LogP contribution < -0.4 is 0 Å². The van der Waals surface area contributed by atoms with Gasteiger partial charge in [0.25, 0.3) is 0 Å². The molecule has 2 heterocycles. The highest BCUT2D eigenvalue weighted by Gasteiger charge is 2.41. The number of methoxy groups -OCH3 is 1. The van der Waals surface area contributed by atoms with Crippen LogP contribution in [0.25, 0.3) is 0 Å². The number of carbonyl (C=O) groups is 1. The minimum atomic E-state index is 0.0712. The summed E-state index contributed by atoms with van der Waals surface area (Å²) in [7, 11) is 1.64. The van der Waals surface area contributed by atoms with E-state index in [1.807, 2.05) is 4.90 Å². The van der Waals surface area contributed by atoms with E-state index in [1.165, 1.54) is 0 Å². The van der Waals surface area contributed by atoms with E-state index in [2.05, 4.69) is 10.1 Å². The molecule has 0 N–H and O–H groups in total. The van der Waals surface area contributed by atoms with Crippen molar-refractivity contribution in [2.24, 2.45) is 0 Å². The molecule has 0 aromatic carbocycles. The van der Waals surface area contributed by atoms with Gasteiger partial charge in [0, 0.05) is 32.5 Å². The van der Waals surface area contributed by atoms with E-state index < -0.39 is 0 Å². The number of hydrogen-bond acceptors (Lipinski definition) is 5. The van der Waals surface area contributed by atoms with E-state index in [0.717, 1.165) is 19.4 Å². The van der Waals surface area contributed by atoms with Crippen LogP contribution in [0.2, 0.25) is 0 Å². The maximum Gasteiger partial charge on any atom is 0.232 e. The molecule has 2 aliphatic rings. The van der Waals surface area contributed by atoms with Crippen molar-refractivity contribution in [1.29, 1.82) is 0 Å². The normalized spacial score (nSPS) is 23.9. The maximum absolute atomic E-state index is 11.8. The molecule has 1 unspecified atom stereocenters. The summed E-state index contributed by atoms with van der Waals surface area (Å²) >= 11 is 0. The van der Waals surface area contributed by atoms with E-state index in [-0.39, 0.29) is 11.8 Å². The van der Waals surface area contributed by atoms with Crippen LogP contribution in [0.4, 0.5) is 0 Å². The summed E-state index contributed by atoms with van der Waals surface area (Å²) in [5, 5.41) is 3.91. The van der Waals surface area contributed by atoms with Gasteiger partial charge in [0.2, 0.25) is 11.8 Å². The lowest BCUT2D eigenvalue weighted by Crippen LogP contribution is -2.27. The first-order valence-electron chi connectivity index (χ1n) is 6.39. The van der Waals surface area contributed by atoms with E-state index in [9.17, 15) is 4.79 Å². The van der Waals surface area contributed by atoms with E-state index >= 15 is 0 Å². The predicted molar refractivity (Wildman–Crippen MR) is 62.0 cm³/mol. The first-order valence-corrected chi connectivity index (χ1v) is 6.39. The van der Waals surface area contributed by atoms with Crippen LogP contribution in [0.5, 0.6) is 0 Å². The van der Waals surface area contributed by atoms with Crippen molar-refractivity contribution in [3.63, 3.8) is 0 Å². The standard InChI is InChI=1S/C12H17N3O3/c1-17-5-4-10-13-12(18-14-10)8-6-11(16)15(7-8)9-2-3-9/h8-9H,2-7H2,1H3. The second-order valence-electron chi connectivity index (χ2n) is 4.97. The minimum Gasteiger partial charge on any atom is -0.384 e. The lowest BCUT2D eigenvalue weighted by molar-refractivity contribution is -0.128. The zero-order valence-corrected chi connectivity index (χ0v) is 10.5. The molecule has 3 rings (SSSR count). The highest BCUT2D eigenvalue weighted by Crippen LogP contribution is 2.35. The van der Waals surface area contributed by atoms with Gasteiger partial charge < -0.3 is 14.2 Å². The van der Waals surface area contributed by atoms with Gasteiger partial charge in [0.15, 0.2) is 5.82 Å². The minimum absolute atomic E-state index is 0.0712. The molecule has 1 aliphatic heterocycles. The van der Waals surface area contributed by atoms with Gasteiger partial charge in [-0.25, -0.2) is 0 Å². The average Bonchev–Trinajstić information content (AvgIpc) is 2.97. The second kappa shape index (κ2) is 4.68. The monoisotopic (exact) mass is 251 g/mol. The molecule has 18 heavy (non-hydrogen) atoms. The van der Waals surface area contributed by atoms with Gasteiger partial charge in [0.1, 0.15) is 0 Å². The van der Waals surface area contributed by atoms with Crippen molar-refractivity contribution < 1.29 is 14.1 Å². The molecule has 1 aromatic heterocycles. The molecule has 6 heteroatoms. The molecule has 0 radical (unpaired) electrons. The van der Waals surface area contributed by atoms with E-state index in [0.29, 0.717) is 37.2 Å². The average molecular weight is 251 g/mol. The molecule has 1 amide bonds. The lowest BCUT2D eigenvalue weighted by Gasteiger charge is -2.13. The number of carbonyl (C=O) groups excluding carboxylic acids is 1. The Bertz CT molecular complexity index is 442. The number of likely N-dealkylation sites (tertiary alicyclic amines) is 1. The number of amides is 1. The third-order valence-corrected chi connectivity index (χ3v) is 3.51. The Kier molecular flexibility index (Phi) is 3.03. The molecule has 0 spiro atoms. The quantitative estimate of drug-likeness (QED) is 0.772. The molecule has 6 nitrogen and oxygen atoms in total. The van der Waals surface area contributed by atoms with Gasteiger partial charge in [0.05, 0.1) is 12.5 Å². The number of nitrogens with zero attached hydrogens (tertiary/aromatic N) is 3. The van der Waals surface area contributed by atoms with Gasteiger partial charge >= 0.3 is 0 Å². The van der Waals surface area contributed by atoms with Gasteiger partial charge in [-0.05, 0) is 12.8 Å². The highest BCUT2D eigenvalue weighted by molar-refractivity contribution is 5.80. The van der Waals surface area contributed by atoms with Crippen molar-refractivity contribution >= 4 is 5.91 Å². The second-order valence-corrected chi connectivity index (χ2v) is 4.97. The molecular formula is C12H17N3O3. The van der Waals surface area contributed by atoms with Crippen LogP contribution in [0.3, 0.4) is 0 Å². The van der Waals surface area contributed by atoms with Crippen LogP contribution in [-0.2, 0) is 16.0 Å². The predicted octanol–water partition coefficient (Wildman–Crippen LogP) is 0.737. The number of rotatable bonds is 5. The first-order chi connectivity index (χ1) is 8.78. The van der Waals surface area contributed by atoms with Crippen molar-refractivity contribution in [3.8, 4) is 0 Å². The zero-order valence-electron chi connectivity index (χ0n) is 10.5. The fourth-order valence-corrected chi connectivity index (χ4v) is 2.36. The van der Waals surface area contributed by atoms with E-state index in [4.69, 9.17) is 9.26 Å². The van der Waals surface area contributed by atoms with Crippen LogP contribution in [0.1, 0.15) is 36.9 Å². The zero-order chi connectivity index (χ0) is 12.5. The number of hydrogen-bond donors (Lipinski definition) is 0. The molecule has 1 atom stereocenters. The Morgan fingerprint density at radius 3 is 3.06 bits per heavy atom. The van der Waals surface area contributed by atoms with Gasteiger partial charge in [-0.1, -0.05) is 5.16 Å². The van der Waals surface area contributed by atoms with E-state index in [1.54, 1.807) is 7.11 Å². The third-order valence-electron chi connectivity index (χ3n) is 3.51. The number of ether oxygens (including phenoxy) is 1. The summed E-state index contributed by atoms with van der Waals surface area (Å²) < 4.78 is 10.2. The Morgan fingerprint density at radius 2 is 2.33 bits per heavy atom. The van der Waals surface area contributed by atoms with Gasteiger partial charge in [-0.3, -0.25) is 4.79 Å². The Morgan fingerprint density at radius 1 is 1.50 bits per heavy atom. The van der Waals surface area contributed by atoms with Crippen LogP contribution in [-0.4, -0.2) is 47.3 Å².